The molecule has 0 saturated heterocycles. The first-order valence-corrected chi connectivity index (χ1v) is 5.28. The minimum absolute atomic E-state index is 0.176. The van der Waals surface area contributed by atoms with Crippen molar-refractivity contribution in [3.8, 4) is 11.1 Å². The van der Waals surface area contributed by atoms with Crippen LogP contribution in [0.4, 0.5) is 0 Å². The average molecular weight is 200 g/mol. The van der Waals surface area contributed by atoms with Gasteiger partial charge in [0.1, 0.15) is 0 Å². The Morgan fingerprint density at radius 1 is 1.00 bits per heavy atom. The normalized spacial score (nSPS) is 12.3. The first kappa shape index (κ1) is 10.2. The molecule has 2 rings (SSSR count). The molecule has 0 aliphatic rings. The Bertz CT molecular complexity index is 488. The van der Waals surface area contributed by atoms with Gasteiger partial charge in [-0.1, -0.05) is 45.0 Å². The quantitative estimate of drug-likeness (QED) is 0.691. The Hall–Kier alpha value is -1.37. The number of hydrogen-bond acceptors (Lipinski definition) is 1. The number of hydrogen-bond donors (Lipinski definition) is 0. The summed E-state index contributed by atoms with van der Waals surface area (Å²) < 4.78 is 0. The smallest absolute Gasteiger partial charge is 0.190 e. The van der Waals surface area contributed by atoms with Crippen molar-refractivity contribution in [1.82, 2.24) is 0 Å². The molecule has 1 nitrogen and oxygen atoms in total. The second kappa shape index (κ2) is 3.06. The summed E-state index contributed by atoms with van der Waals surface area (Å²) in [4.78, 5) is 11.2. The van der Waals surface area contributed by atoms with Gasteiger partial charge < -0.3 is 0 Å². The lowest BCUT2D eigenvalue weighted by atomic mass is 9.86. The topological polar surface area (TPSA) is 17.1 Å². The van der Waals surface area contributed by atoms with Crippen LogP contribution in [0, 0.1) is 6.92 Å². The first-order valence-electron chi connectivity index (χ1n) is 5.28. The van der Waals surface area contributed by atoms with Gasteiger partial charge in [-0.25, -0.2) is 0 Å². The van der Waals surface area contributed by atoms with Crippen LogP contribution in [0.2, 0.25) is 0 Å². The third-order valence-corrected chi connectivity index (χ3v) is 2.92. The Labute approximate surface area is 90.4 Å². The predicted octanol–water partition coefficient (Wildman–Crippen LogP) is 3.20. The third-order valence-electron chi connectivity index (χ3n) is 2.92. The van der Waals surface area contributed by atoms with Crippen molar-refractivity contribution in [3.63, 3.8) is 0 Å². The molecule has 0 amide bonds. The molecule has 0 aromatic heterocycles. The molecule has 2 aromatic rings. The highest BCUT2D eigenvalue weighted by molar-refractivity contribution is 5.75. The lowest BCUT2D eigenvalue weighted by Crippen LogP contribution is -2.10. The summed E-state index contributed by atoms with van der Waals surface area (Å²) in [6.45, 7) is 8.45. The van der Waals surface area contributed by atoms with E-state index in [-0.39, 0.29) is 10.8 Å². The van der Waals surface area contributed by atoms with Gasteiger partial charge in [0.2, 0.25) is 0 Å². The SMILES string of the molecule is Cc1c(-c2ccc(C(C)(C)C)cc2)c1=O. The molecule has 0 radical (unpaired) electrons. The molecule has 0 saturated carbocycles. The zero-order valence-corrected chi connectivity index (χ0v) is 9.72. The van der Waals surface area contributed by atoms with Gasteiger partial charge in [0, 0.05) is 11.1 Å². The highest BCUT2D eigenvalue weighted by Gasteiger charge is 2.20. The third kappa shape index (κ3) is 1.74. The highest BCUT2D eigenvalue weighted by atomic mass is 16.1. The second-order valence-corrected chi connectivity index (χ2v) is 5.16. The van der Waals surface area contributed by atoms with E-state index >= 15 is 0 Å². The summed E-state index contributed by atoms with van der Waals surface area (Å²) in [5.41, 5.74) is 4.59. The standard InChI is InChI=1S/C14H16O/c1-9-12(13(9)15)10-5-7-11(8-6-10)14(2,3)4/h5-8H,1-4H3. The largest absolute Gasteiger partial charge is 0.289 e. The van der Waals surface area contributed by atoms with E-state index < -0.39 is 0 Å². The van der Waals surface area contributed by atoms with Crippen LogP contribution >= 0.6 is 0 Å². The second-order valence-electron chi connectivity index (χ2n) is 5.16. The van der Waals surface area contributed by atoms with Gasteiger partial charge >= 0.3 is 0 Å². The van der Waals surface area contributed by atoms with E-state index in [4.69, 9.17) is 0 Å². The van der Waals surface area contributed by atoms with Crippen LogP contribution in [0.1, 0.15) is 31.9 Å². The van der Waals surface area contributed by atoms with E-state index in [1.807, 2.05) is 19.1 Å². The van der Waals surface area contributed by atoms with Crippen molar-refractivity contribution in [2.45, 2.75) is 33.1 Å². The van der Waals surface area contributed by atoms with Gasteiger partial charge in [0.25, 0.3) is 0 Å². The molecule has 0 unspecified atom stereocenters. The maximum Gasteiger partial charge on any atom is 0.190 e. The summed E-state index contributed by atoms with van der Waals surface area (Å²) in [6, 6.07) is 8.32. The van der Waals surface area contributed by atoms with Gasteiger partial charge in [-0.15, -0.1) is 0 Å². The molecule has 0 fully saturated rings. The van der Waals surface area contributed by atoms with Gasteiger partial charge in [-0.3, -0.25) is 4.79 Å². The van der Waals surface area contributed by atoms with E-state index in [0.717, 1.165) is 16.7 Å². The zero-order valence-electron chi connectivity index (χ0n) is 9.72. The number of rotatable bonds is 1. The van der Waals surface area contributed by atoms with E-state index in [1.54, 1.807) is 0 Å². The molecule has 0 spiro atoms. The maximum atomic E-state index is 11.2. The Morgan fingerprint density at radius 3 is 1.80 bits per heavy atom. The van der Waals surface area contributed by atoms with E-state index in [1.165, 1.54) is 5.56 Å². The minimum atomic E-state index is 0.176. The van der Waals surface area contributed by atoms with Crippen molar-refractivity contribution >= 4 is 0 Å². The fraction of sp³-hybridized carbons (Fsp3) is 0.357. The lowest BCUT2D eigenvalue weighted by Gasteiger charge is -2.18. The van der Waals surface area contributed by atoms with Crippen LogP contribution in [-0.2, 0) is 5.41 Å². The van der Waals surface area contributed by atoms with Crippen LogP contribution < -0.4 is 5.43 Å². The van der Waals surface area contributed by atoms with Crippen molar-refractivity contribution < 1.29 is 0 Å². The zero-order chi connectivity index (χ0) is 11.2. The monoisotopic (exact) mass is 200 g/mol. The van der Waals surface area contributed by atoms with Gasteiger partial charge in [0.05, 0.1) is 0 Å². The average Bonchev–Trinajstić information content (AvgIpc) is 2.74. The van der Waals surface area contributed by atoms with Gasteiger partial charge in [0.15, 0.2) is 5.43 Å². The van der Waals surface area contributed by atoms with E-state index in [0.29, 0.717) is 0 Å². The molecule has 0 aliphatic heterocycles. The lowest BCUT2D eigenvalue weighted by molar-refractivity contribution is 0.590. The molecule has 0 atom stereocenters. The van der Waals surface area contributed by atoms with Crippen LogP contribution in [0.5, 0.6) is 0 Å². The molecule has 0 bridgehead atoms. The highest BCUT2D eigenvalue weighted by Crippen LogP contribution is 2.28. The fourth-order valence-electron chi connectivity index (χ4n) is 1.74. The summed E-state index contributed by atoms with van der Waals surface area (Å²) in [5, 5.41) is 0. The van der Waals surface area contributed by atoms with Crippen molar-refractivity contribution in [1.29, 1.82) is 0 Å². The molecule has 1 heteroatoms. The fourth-order valence-corrected chi connectivity index (χ4v) is 1.74. The molecule has 15 heavy (non-hydrogen) atoms. The van der Waals surface area contributed by atoms with Crippen molar-refractivity contribution in [2.24, 2.45) is 0 Å². The Balaban J connectivity index is 2.34. The summed E-state index contributed by atoms with van der Waals surface area (Å²) >= 11 is 0. The maximum absolute atomic E-state index is 11.2. The molecule has 0 heterocycles. The van der Waals surface area contributed by atoms with Crippen LogP contribution in [-0.4, -0.2) is 0 Å². The van der Waals surface area contributed by atoms with Gasteiger partial charge in [-0.05, 0) is 23.5 Å². The molecular formula is C14H16O. The van der Waals surface area contributed by atoms with Gasteiger partial charge in [-0.2, -0.15) is 0 Å². The van der Waals surface area contributed by atoms with E-state index in [9.17, 15) is 4.79 Å². The minimum Gasteiger partial charge on any atom is -0.289 e. The molecular weight excluding hydrogens is 184 g/mol. The summed E-state index contributed by atoms with van der Waals surface area (Å²) in [5.74, 6) is 0. The van der Waals surface area contributed by atoms with Crippen molar-refractivity contribution in [3.05, 3.63) is 45.6 Å². The molecule has 0 aliphatic carbocycles. The Morgan fingerprint density at radius 2 is 1.47 bits per heavy atom. The number of benzene rings is 1. The first-order chi connectivity index (χ1) is 6.91. The summed E-state index contributed by atoms with van der Waals surface area (Å²) in [7, 11) is 0. The summed E-state index contributed by atoms with van der Waals surface area (Å²) in [6.07, 6.45) is 0. The van der Waals surface area contributed by atoms with Crippen molar-refractivity contribution in [2.75, 3.05) is 0 Å². The van der Waals surface area contributed by atoms with E-state index in [2.05, 4.69) is 32.9 Å². The van der Waals surface area contributed by atoms with Crippen LogP contribution in [0.15, 0.2) is 29.1 Å². The molecule has 0 N–H and O–H groups in total. The Kier molecular flexibility index (Phi) is 2.07. The molecule has 78 valence electrons. The molecule has 2 aromatic carbocycles. The van der Waals surface area contributed by atoms with Crippen LogP contribution in [0.3, 0.4) is 0 Å². The van der Waals surface area contributed by atoms with Crippen LogP contribution in [0.25, 0.3) is 11.1 Å². The predicted molar refractivity (Wildman–Crippen MR) is 64.0 cm³/mol.